The number of nitrogens with zero attached hydrogens (tertiary/aromatic N) is 2. The molecule has 0 aliphatic rings. The second-order valence-corrected chi connectivity index (χ2v) is 14.1. The van der Waals surface area contributed by atoms with Crippen molar-refractivity contribution in [1.82, 2.24) is 4.57 Å². The average Bonchev–Trinajstić information content (AvgIpc) is 3.41. The molecule has 0 N–H and O–H groups in total. The molecule has 1 atom stereocenters. The lowest BCUT2D eigenvalue weighted by atomic mass is 9.96. The van der Waals surface area contributed by atoms with Crippen LogP contribution in [0.25, 0.3) is 0 Å². The molecule has 1 unspecified atom stereocenters. The lowest BCUT2D eigenvalue weighted by Crippen LogP contribution is -2.37. The third kappa shape index (κ3) is 13.9. The Morgan fingerprint density at radius 1 is 0.532 bits per heavy atom. The lowest BCUT2D eigenvalue weighted by molar-refractivity contribution is -0.704. The number of unbranched alkanes of at least 4 members (excludes halogenated alkanes) is 16. The maximum atomic E-state index is 2.63. The third-order valence-corrected chi connectivity index (χ3v) is 10.1. The first-order valence-corrected chi connectivity index (χ1v) is 19.5. The van der Waals surface area contributed by atoms with Crippen molar-refractivity contribution in [2.75, 3.05) is 0 Å². The van der Waals surface area contributed by atoms with Crippen LogP contribution in [-0.4, -0.2) is 4.57 Å². The van der Waals surface area contributed by atoms with E-state index in [1.165, 1.54) is 137 Å². The van der Waals surface area contributed by atoms with E-state index in [9.17, 15) is 0 Å². The topological polar surface area (TPSA) is 8.81 Å². The first kappa shape index (κ1) is 36.7. The Balaban J connectivity index is 1.27. The highest BCUT2D eigenvalue weighted by Gasteiger charge is 2.25. The number of hydrogen-bond acceptors (Lipinski definition) is 0. The van der Waals surface area contributed by atoms with Gasteiger partial charge in [0.2, 0.25) is 0 Å². The van der Waals surface area contributed by atoms with Gasteiger partial charge in [0.15, 0.2) is 0 Å². The molecule has 4 rings (SSSR count). The summed E-state index contributed by atoms with van der Waals surface area (Å²) >= 11 is 0. The van der Waals surface area contributed by atoms with Crippen LogP contribution in [-0.2, 0) is 25.9 Å². The average molecular weight is 634 g/mol. The fraction of sp³-hybridized carbons (Fsp3) is 0.533. The van der Waals surface area contributed by atoms with Gasteiger partial charge in [-0.25, -0.2) is 9.13 Å². The predicted molar refractivity (Wildman–Crippen MR) is 202 cm³/mol. The summed E-state index contributed by atoms with van der Waals surface area (Å²) in [5.74, 6) is 1.91. The number of imidazole rings is 1. The van der Waals surface area contributed by atoms with Crippen LogP contribution in [0.4, 0.5) is 0 Å². The molecule has 0 fully saturated rings. The van der Waals surface area contributed by atoms with E-state index in [-0.39, 0.29) is 0 Å². The minimum absolute atomic E-state index is 0.471. The van der Waals surface area contributed by atoms with Crippen molar-refractivity contribution in [2.24, 2.45) is 0 Å². The molecule has 0 aliphatic heterocycles. The molecule has 0 saturated heterocycles. The maximum Gasteiger partial charge on any atom is 0.261 e. The molecule has 0 amide bonds. The summed E-state index contributed by atoms with van der Waals surface area (Å²) in [5, 5.41) is 0. The van der Waals surface area contributed by atoms with Crippen LogP contribution in [0, 0.1) is 0 Å². The van der Waals surface area contributed by atoms with Gasteiger partial charge in [0.25, 0.3) is 5.82 Å². The normalized spacial score (nSPS) is 12.0. The lowest BCUT2D eigenvalue weighted by Gasteiger charge is -2.12. The van der Waals surface area contributed by atoms with E-state index >= 15 is 0 Å². The van der Waals surface area contributed by atoms with Gasteiger partial charge in [-0.2, -0.15) is 0 Å². The van der Waals surface area contributed by atoms with Gasteiger partial charge < -0.3 is 0 Å². The molecular formula is C45H65N2+. The Hall–Kier alpha value is -3.13. The van der Waals surface area contributed by atoms with Crippen LogP contribution in [0.15, 0.2) is 97.2 Å². The van der Waals surface area contributed by atoms with E-state index < -0.39 is 0 Å². The maximum absolute atomic E-state index is 2.63. The highest BCUT2D eigenvalue weighted by atomic mass is 15.2. The number of benzene rings is 3. The summed E-state index contributed by atoms with van der Waals surface area (Å²) < 4.78 is 5.24. The second kappa shape index (κ2) is 22.4. The van der Waals surface area contributed by atoms with Gasteiger partial charge >= 0.3 is 0 Å². The minimum Gasteiger partial charge on any atom is -0.234 e. The molecule has 1 heterocycles. The molecule has 0 radical (unpaired) electrons. The summed E-state index contributed by atoms with van der Waals surface area (Å²) in [7, 11) is 0. The van der Waals surface area contributed by atoms with Crippen molar-refractivity contribution < 1.29 is 4.57 Å². The van der Waals surface area contributed by atoms with Crippen molar-refractivity contribution in [1.29, 1.82) is 0 Å². The Morgan fingerprint density at radius 3 is 1.49 bits per heavy atom. The Morgan fingerprint density at radius 2 is 0.979 bits per heavy atom. The van der Waals surface area contributed by atoms with E-state index in [1.807, 2.05) is 0 Å². The van der Waals surface area contributed by atoms with Crippen LogP contribution in [0.5, 0.6) is 0 Å². The molecule has 1 aromatic heterocycles. The minimum atomic E-state index is 0.471. The van der Waals surface area contributed by atoms with Crippen LogP contribution < -0.4 is 4.57 Å². The molecule has 0 spiro atoms. The van der Waals surface area contributed by atoms with Crippen LogP contribution >= 0.6 is 0 Å². The van der Waals surface area contributed by atoms with Gasteiger partial charge in [-0.05, 0) is 35.4 Å². The first-order valence-electron chi connectivity index (χ1n) is 19.5. The Bertz CT molecular complexity index is 1320. The summed E-state index contributed by atoms with van der Waals surface area (Å²) in [6.07, 6.45) is 28.6. The van der Waals surface area contributed by atoms with Gasteiger partial charge in [0.1, 0.15) is 18.4 Å². The molecular weight excluding hydrogens is 569 g/mol. The van der Waals surface area contributed by atoms with E-state index in [1.54, 1.807) is 0 Å². The largest absolute Gasteiger partial charge is 0.261 e. The highest BCUT2D eigenvalue weighted by molar-refractivity contribution is 5.24. The number of rotatable bonds is 25. The van der Waals surface area contributed by atoms with E-state index in [4.69, 9.17) is 0 Å². The number of aromatic nitrogens is 2. The van der Waals surface area contributed by atoms with Crippen molar-refractivity contribution in [3.05, 3.63) is 125 Å². The summed E-state index contributed by atoms with van der Waals surface area (Å²) in [6.45, 7) is 6.71. The SMILES string of the molecule is CCCCCCCCCCCCCCCCCCC[n+]1cc(CC(C)c2ccccc2)n(Cc2ccccc2)c1Cc1ccccc1. The standard InChI is InChI=1S/C45H65N2/c1-3-4-5-6-7-8-9-10-11-12-13-14-15-16-17-18-28-35-46-39-44(36-40(2)43-33-26-21-27-34-43)47(38-42-31-24-20-25-32-42)45(46)37-41-29-22-19-23-30-41/h19-27,29-34,39-40H,3-18,28,35-38H2,1-2H3/q+1. The smallest absolute Gasteiger partial charge is 0.234 e. The van der Waals surface area contributed by atoms with Crippen LogP contribution in [0.2, 0.25) is 0 Å². The molecule has 3 aromatic carbocycles. The molecule has 2 heteroatoms. The number of aryl methyl sites for hydroxylation is 1. The van der Waals surface area contributed by atoms with Gasteiger partial charge in [0, 0.05) is 6.42 Å². The van der Waals surface area contributed by atoms with Gasteiger partial charge in [0.05, 0.1) is 13.0 Å². The van der Waals surface area contributed by atoms with Crippen LogP contribution in [0.1, 0.15) is 157 Å². The Kier molecular flexibility index (Phi) is 17.5. The monoisotopic (exact) mass is 634 g/mol. The highest BCUT2D eigenvalue weighted by Crippen LogP contribution is 2.23. The summed E-state index contributed by atoms with van der Waals surface area (Å²) in [6, 6.07) is 33.1. The van der Waals surface area contributed by atoms with Crippen molar-refractivity contribution in [3.8, 4) is 0 Å². The summed E-state index contributed by atoms with van der Waals surface area (Å²) in [4.78, 5) is 0. The third-order valence-electron chi connectivity index (χ3n) is 10.1. The first-order chi connectivity index (χ1) is 23.2. The van der Waals surface area contributed by atoms with E-state index in [2.05, 4.69) is 120 Å². The molecule has 0 saturated carbocycles. The molecule has 0 aliphatic carbocycles. The van der Waals surface area contributed by atoms with Gasteiger partial charge in [-0.15, -0.1) is 0 Å². The second-order valence-electron chi connectivity index (χ2n) is 14.1. The van der Waals surface area contributed by atoms with Crippen molar-refractivity contribution >= 4 is 0 Å². The zero-order valence-corrected chi connectivity index (χ0v) is 30.1. The fourth-order valence-corrected chi connectivity index (χ4v) is 7.16. The zero-order valence-electron chi connectivity index (χ0n) is 30.1. The summed E-state index contributed by atoms with van der Waals surface area (Å²) in [5.41, 5.74) is 5.63. The van der Waals surface area contributed by atoms with Crippen LogP contribution in [0.3, 0.4) is 0 Å². The van der Waals surface area contributed by atoms with Gasteiger partial charge in [-0.1, -0.05) is 201 Å². The van der Waals surface area contributed by atoms with Crippen molar-refractivity contribution in [3.63, 3.8) is 0 Å². The predicted octanol–water partition coefficient (Wildman–Crippen LogP) is 12.4. The zero-order chi connectivity index (χ0) is 32.8. The molecule has 254 valence electrons. The van der Waals surface area contributed by atoms with Gasteiger partial charge in [-0.3, -0.25) is 0 Å². The van der Waals surface area contributed by atoms with Crippen molar-refractivity contribution in [2.45, 2.75) is 155 Å². The molecule has 4 aromatic rings. The van der Waals surface area contributed by atoms with E-state index in [0.29, 0.717) is 5.92 Å². The quantitative estimate of drug-likeness (QED) is 0.0507. The number of hydrogen-bond donors (Lipinski definition) is 0. The molecule has 0 bridgehead atoms. The fourth-order valence-electron chi connectivity index (χ4n) is 7.16. The molecule has 47 heavy (non-hydrogen) atoms. The van der Waals surface area contributed by atoms with E-state index in [0.717, 1.165) is 25.9 Å². The molecule has 2 nitrogen and oxygen atoms in total. The Labute approximate surface area is 288 Å².